The molecule has 0 saturated carbocycles. The molecule has 0 radical (unpaired) electrons. The van der Waals surface area contributed by atoms with Crippen molar-refractivity contribution in [3.8, 4) is 11.3 Å². The molecule has 5 nitrogen and oxygen atoms in total. The van der Waals surface area contributed by atoms with E-state index in [4.69, 9.17) is 0 Å². The highest BCUT2D eigenvalue weighted by molar-refractivity contribution is 6.01. The number of likely N-dealkylation sites (N-methyl/N-ethyl adjacent to an activating group) is 1. The lowest BCUT2D eigenvalue weighted by Crippen LogP contribution is -2.20. The molecular formula is C15H15N3O2. The van der Waals surface area contributed by atoms with E-state index in [9.17, 15) is 9.59 Å². The fourth-order valence-corrected chi connectivity index (χ4v) is 2.68. The second kappa shape index (κ2) is 4.30. The minimum absolute atomic E-state index is 0.0916. The lowest BCUT2D eigenvalue weighted by Gasteiger charge is -2.11. The molecule has 0 unspecified atom stereocenters. The van der Waals surface area contributed by atoms with Crippen LogP contribution in [0.4, 0.5) is 5.69 Å². The van der Waals surface area contributed by atoms with Crippen LogP contribution in [0.5, 0.6) is 0 Å². The van der Waals surface area contributed by atoms with Crippen molar-refractivity contribution in [1.82, 2.24) is 9.55 Å². The number of amides is 1. The number of benzene rings is 1. The van der Waals surface area contributed by atoms with Gasteiger partial charge in [0.2, 0.25) is 5.91 Å². The lowest BCUT2D eigenvalue weighted by molar-refractivity contribution is -0.117. The summed E-state index contributed by atoms with van der Waals surface area (Å²) >= 11 is 0. The molecule has 2 heterocycles. The molecule has 0 fully saturated rings. The topological polar surface area (TPSA) is 55.2 Å². The maximum absolute atomic E-state index is 11.7. The number of hydrogen-bond acceptors (Lipinski definition) is 3. The van der Waals surface area contributed by atoms with Crippen molar-refractivity contribution in [1.29, 1.82) is 0 Å². The van der Waals surface area contributed by atoms with E-state index in [1.54, 1.807) is 11.9 Å². The number of aromatic nitrogens is 2. The molecule has 1 amide bonds. The van der Waals surface area contributed by atoms with Crippen LogP contribution < -0.4 is 4.90 Å². The summed E-state index contributed by atoms with van der Waals surface area (Å²) in [7, 11) is 3.66. The van der Waals surface area contributed by atoms with Crippen molar-refractivity contribution in [2.75, 3.05) is 11.9 Å². The number of fused-ring (bicyclic) bond motifs is 1. The second-order valence-electron chi connectivity index (χ2n) is 5.04. The predicted molar refractivity (Wildman–Crippen MR) is 75.9 cm³/mol. The van der Waals surface area contributed by atoms with Gasteiger partial charge in [-0.2, -0.15) is 0 Å². The van der Waals surface area contributed by atoms with Gasteiger partial charge in [0.05, 0.1) is 12.1 Å². The third-order valence-electron chi connectivity index (χ3n) is 3.89. The molecular weight excluding hydrogens is 254 g/mol. The van der Waals surface area contributed by atoms with Gasteiger partial charge in [0, 0.05) is 25.3 Å². The first-order chi connectivity index (χ1) is 9.52. The number of aryl methyl sites for hydroxylation is 1. The van der Waals surface area contributed by atoms with Crippen LogP contribution in [0.25, 0.3) is 11.3 Å². The molecule has 3 rings (SSSR count). The number of anilines is 1. The molecule has 0 N–H and O–H groups in total. The number of imidazole rings is 1. The zero-order valence-corrected chi connectivity index (χ0v) is 11.7. The highest BCUT2D eigenvalue weighted by Gasteiger charge is 2.25. The SMILES string of the molecule is Cc1nc(C=O)c(-c2ccc3c(c2)CC(=O)N3C)n1C. The van der Waals surface area contributed by atoms with Gasteiger partial charge in [0.1, 0.15) is 11.5 Å². The minimum atomic E-state index is 0.0916. The van der Waals surface area contributed by atoms with Gasteiger partial charge in [0.25, 0.3) is 0 Å². The van der Waals surface area contributed by atoms with E-state index in [1.807, 2.05) is 36.7 Å². The van der Waals surface area contributed by atoms with Gasteiger partial charge in [-0.15, -0.1) is 0 Å². The normalized spacial score (nSPS) is 13.8. The fourth-order valence-electron chi connectivity index (χ4n) is 2.68. The van der Waals surface area contributed by atoms with Gasteiger partial charge in [-0.1, -0.05) is 6.07 Å². The summed E-state index contributed by atoms with van der Waals surface area (Å²) in [6.07, 6.45) is 1.18. The molecule has 0 bridgehead atoms. The Balaban J connectivity index is 2.16. The van der Waals surface area contributed by atoms with Crippen molar-refractivity contribution < 1.29 is 9.59 Å². The highest BCUT2D eigenvalue weighted by Crippen LogP contribution is 2.33. The zero-order valence-electron chi connectivity index (χ0n) is 11.7. The molecule has 5 heteroatoms. The van der Waals surface area contributed by atoms with Crippen LogP contribution in [-0.4, -0.2) is 28.8 Å². The average Bonchev–Trinajstić information content (AvgIpc) is 2.88. The number of hydrogen-bond donors (Lipinski definition) is 0. The molecule has 0 aliphatic carbocycles. The minimum Gasteiger partial charge on any atom is -0.331 e. The van der Waals surface area contributed by atoms with Gasteiger partial charge in [-0.3, -0.25) is 9.59 Å². The fraction of sp³-hybridized carbons (Fsp3) is 0.267. The Morgan fingerprint density at radius 3 is 2.75 bits per heavy atom. The molecule has 2 aromatic rings. The van der Waals surface area contributed by atoms with E-state index in [-0.39, 0.29) is 5.91 Å². The molecule has 0 saturated heterocycles. The van der Waals surface area contributed by atoms with E-state index >= 15 is 0 Å². The van der Waals surface area contributed by atoms with Crippen molar-refractivity contribution in [3.63, 3.8) is 0 Å². The Morgan fingerprint density at radius 1 is 1.30 bits per heavy atom. The number of carbonyl (C=O) groups excluding carboxylic acids is 2. The van der Waals surface area contributed by atoms with Crippen LogP contribution >= 0.6 is 0 Å². The van der Waals surface area contributed by atoms with E-state index in [0.29, 0.717) is 12.1 Å². The molecule has 1 aromatic carbocycles. The molecule has 1 aliphatic rings. The Labute approximate surface area is 116 Å². The first kappa shape index (κ1) is 12.6. The van der Waals surface area contributed by atoms with Crippen molar-refractivity contribution in [2.24, 2.45) is 7.05 Å². The molecule has 0 atom stereocenters. The highest BCUT2D eigenvalue weighted by atomic mass is 16.2. The molecule has 1 aliphatic heterocycles. The number of rotatable bonds is 2. The summed E-state index contributed by atoms with van der Waals surface area (Å²) in [4.78, 5) is 28.8. The van der Waals surface area contributed by atoms with Crippen molar-refractivity contribution in [2.45, 2.75) is 13.3 Å². The van der Waals surface area contributed by atoms with Gasteiger partial charge >= 0.3 is 0 Å². The first-order valence-electron chi connectivity index (χ1n) is 6.41. The van der Waals surface area contributed by atoms with Crippen LogP contribution in [-0.2, 0) is 18.3 Å². The zero-order chi connectivity index (χ0) is 14.4. The standard InChI is InChI=1S/C15H15N3O2/c1-9-16-12(8-19)15(17(9)2)10-4-5-13-11(6-10)7-14(20)18(13)3/h4-6,8H,7H2,1-3H3. The van der Waals surface area contributed by atoms with Crippen LogP contribution in [0, 0.1) is 6.92 Å². The van der Waals surface area contributed by atoms with E-state index in [1.165, 1.54) is 0 Å². The molecule has 1 aromatic heterocycles. The Hall–Kier alpha value is -2.43. The van der Waals surface area contributed by atoms with Crippen LogP contribution in [0.15, 0.2) is 18.2 Å². The third-order valence-corrected chi connectivity index (χ3v) is 3.89. The molecule has 0 spiro atoms. The van der Waals surface area contributed by atoms with Gasteiger partial charge in [-0.05, 0) is 24.6 Å². The number of nitrogens with zero attached hydrogens (tertiary/aromatic N) is 3. The van der Waals surface area contributed by atoms with Crippen LogP contribution in [0.3, 0.4) is 0 Å². The summed E-state index contributed by atoms with van der Waals surface area (Å²) in [5.41, 5.74) is 4.07. The quantitative estimate of drug-likeness (QED) is 0.780. The summed E-state index contributed by atoms with van der Waals surface area (Å²) in [5, 5.41) is 0. The van der Waals surface area contributed by atoms with Gasteiger partial charge in [-0.25, -0.2) is 4.98 Å². The van der Waals surface area contributed by atoms with Gasteiger partial charge < -0.3 is 9.47 Å². The summed E-state index contributed by atoms with van der Waals surface area (Å²) < 4.78 is 1.89. The van der Waals surface area contributed by atoms with Crippen LogP contribution in [0.1, 0.15) is 21.9 Å². The van der Waals surface area contributed by atoms with E-state index in [2.05, 4.69) is 4.98 Å². The monoisotopic (exact) mass is 269 g/mol. The van der Waals surface area contributed by atoms with E-state index in [0.717, 1.165) is 34.6 Å². The third kappa shape index (κ3) is 1.66. The summed E-state index contributed by atoms with van der Waals surface area (Å²) in [6, 6.07) is 5.82. The van der Waals surface area contributed by atoms with Crippen LogP contribution in [0.2, 0.25) is 0 Å². The number of aldehydes is 1. The largest absolute Gasteiger partial charge is 0.331 e. The maximum Gasteiger partial charge on any atom is 0.231 e. The average molecular weight is 269 g/mol. The Kier molecular flexibility index (Phi) is 2.71. The predicted octanol–water partition coefficient (Wildman–Crippen LogP) is 1.73. The number of carbonyl (C=O) groups is 2. The van der Waals surface area contributed by atoms with E-state index < -0.39 is 0 Å². The summed E-state index contributed by atoms with van der Waals surface area (Å²) in [5.74, 6) is 0.879. The second-order valence-corrected chi connectivity index (χ2v) is 5.04. The molecule has 20 heavy (non-hydrogen) atoms. The smallest absolute Gasteiger partial charge is 0.231 e. The first-order valence-corrected chi connectivity index (χ1v) is 6.41. The lowest BCUT2D eigenvalue weighted by atomic mass is 10.0. The van der Waals surface area contributed by atoms with Gasteiger partial charge in [0.15, 0.2) is 6.29 Å². The maximum atomic E-state index is 11.7. The Bertz CT molecular complexity index is 731. The van der Waals surface area contributed by atoms with Crippen molar-refractivity contribution >= 4 is 17.9 Å². The molecule has 102 valence electrons. The van der Waals surface area contributed by atoms with Crippen molar-refractivity contribution in [3.05, 3.63) is 35.3 Å². The summed E-state index contributed by atoms with van der Waals surface area (Å²) in [6.45, 7) is 1.86. The Morgan fingerprint density at radius 2 is 2.05 bits per heavy atom.